The number of carbonyl (C=O) groups excluding carboxylic acids is 4. The van der Waals surface area contributed by atoms with Crippen LogP contribution in [0.2, 0.25) is 0 Å². The van der Waals surface area contributed by atoms with Crippen molar-refractivity contribution in [3.8, 4) is 45.0 Å². The number of amides is 4. The number of thiazole rings is 1. The Morgan fingerprint density at radius 3 is 1.08 bits per heavy atom. The fourth-order valence-electron chi connectivity index (χ4n) is 13.5. The van der Waals surface area contributed by atoms with Crippen molar-refractivity contribution in [1.29, 1.82) is 0 Å². The van der Waals surface area contributed by atoms with Crippen molar-refractivity contribution in [3.05, 3.63) is 169 Å². The van der Waals surface area contributed by atoms with Crippen molar-refractivity contribution in [2.45, 2.75) is 99.8 Å². The molecular weight excluding hydrogens is 1510 g/mol. The predicted molar refractivity (Wildman–Crippen MR) is 453 cm³/mol. The largest absolute Gasteiger partial charge is 0.383 e. The van der Waals surface area contributed by atoms with Gasteiger partial charge >= 0.3 is 0 Å². The lowest BCUT2D eigenvalue weighted by Crippen LogP contribution is -2.24. The summed E-state index contributed by atoms with van der Waals surface area (Å²) in [6.45, 7) is 21.2. The fraction of sp³-hybridized carbons (Fsp3) is 0.225. The van der Waals surface area contributed by atoms with Crippen molar-refractivity contribution in [2.24, 2.45) is 7.05 Å². The quantitative estimate of drug-likeness (QED) is 0.0355. The highest BCUT2D eigenvalue weighted by atomic mass is 32.1. The Balaban J connectivity index is 0.000000122. The van der Waals surface area contributed by atoms with Gasteiger partial charge < -0.3 is 53.5 Å². The van der Waals surface area contributed by atoms with Crippen molar-refractivity contribution in [1.82, 2.24) is 124 Å². The van der Waals surface area contributed by atoms with E-state index in [0.717, 1.165) is 99.5 Å². The molecule has 0 aliphatic carbocycles. The Bertz CT molecular complexity index is 6600. The van der Waals surface area contributed by atoms with Crippen LogP contribution in [0.4, 0.5) is 34.2 Å². The number of hydroxylamine groups is 1. The van der Waals surface area contributed by atoms with Crippen LogP contribution in [-0.4, -0.2) is 150 Å². The van der Waals surface area contributed by atoms with Crippen molar-refractivity contribution < 1.29 is 24.0 Å². The summed E-state index contributed by atoms with van der Waals surface area (Å²) in [7, 11) is 1.79. The first-order chi connectivity index (χ1) is 56.4. The fourth-order valence-corrected chi connectivity index (χ4v) is 14.0. The molecule has 594 valence electrons. The van der Waals surface area contributed by atoms with Gasteiger partial charge in [-0.25, -0.2) is 69.1 Å². The van der Waals surface area contributed by atoms with Crippen LogP contribution < -0.4 is 44.4 Å². The minimum absolute atomic E-state index is 0.105. The van der Waals surface area contributed by atoms with Crippen molar-refractivity contribution >= 4 is 157 Å². The Hall–Kier alpha value is -14.9. The average molecular weight is 1590 g/mol. The second-order valence-corrected chi connectivity index (χ2v) is 29.5. The number of nitrogens with two attached hydrogens (primary N) is 4. The highest BCUT2D eigenvalue weighted by Gasteiger charge is 2.26. The number of hydrogen-bond donors (Lipinski definition) is 12. The number of nitrogens with one attached hydrogen (secondary N) is 8. The normalized spacial score (nSPS) is 11.6. The number of rotatable bonds is 18. The van der Waals surface area contributed by atoms with Gasteiger partial charge in [0.1, 0.15) is 94.1 Å². The molecule has 36 nitrogen and oxygen atoms in total. The zero-order valence-electron chi connectivity index (χ0n) is 65.5. The van der Waals surface area contributed by atoms with E-state index in [1.54, 1.807) is 49.2 Å². The summed E-state index contributed by atoms with van der Waals surface area (Å²) in [6.07, 6.45) is 10.1. The first-order valence-corrected chi connectivity index (χ1v) is 38.5. The number of aromatic nitrogens is 23. The van der Waals surface area contributed by atoms with Gasteiger partial charge in [-0.05, 0) is 117 Å². The second kappa shape index (κ2) is 32.3. The summed E-state index contributed by atoms with van der Waals surface area (Å²) in [5, 5.41) is 40.6. The number of anilines is 6. The topological polar surface area (TPSA) is 498 Å². The third kappa shape index (κ3) is 15.5. The number of fused-ring (bicyclic) bond motifs is 8. The molecule has 18 rings (SSSR count). The van der Waals surface area contributed by atoms with E-state index in [0.29, 0.717) is 110 Å². The molecule has 4 aromatic carbocycles. The molecule has 0 bridgehead atoms. The smallest absolute Gasteiger partial charge is 0.291 e. The highest BCUT2D eigenvalue weighted by Crippen LogP contribution is 2.39. The number of benzene rings is 4. The van der Waals surface area contributed by atoms with Crippen LogP contribution in [0.1, 0.15) is 142 Å². The van der Waals surface area contributed by atoms with Crippen LogP contribution in [0.3, 0.4) is 0 Å². The maximum atomic E-state index is 12.6. The van der Waals surface area contributed by atoms with Gasteiger partial charge in [-0.15, -0.1) is 11.3 Å². The van der Waals surface area contributed by atoms with Crippen LogP contribution in [0.25, 0.3) is 133 Å². The Morgan fingerprint density at radius 1 is 0.427 bits per heavy atom. The molecule has 0 fully saturated rings. The first-order valence-electron chi connectivity index (χ1n) is 37.6. The summed E-state index contributed by atoms with van der Waals surface area (Å²) in [5.74, 6) is 1.12. The van der Waals surface area contributed by atoms with Gasteiger partial charge in [0.2, 0.25) is 0 Å². The molecule has 16 N–H and O–H groups in total. The number of aryl methyl sites for hydroxylation is 1. The minimum atomic E-state index is -0.327. The number of aromatic amines is 4. The molecule has 0 saturated carbocycles. The number of hydrogen-bond acceptors (Lipinski definition) is 24. The molecule has 0 radical (unpaired) electrons. The first kappa shape index (κ1) is 77.4. The molecule has 0 aliphatic rings. The highest BCUT2D eigenvalue weighted by molar-refractivity contribution is 7.13. The van der Waals surface area contributed by atoms with Gasteiger partial charge in [0, 0.05) is 127 Å². The van der Waals surface area contributed by atoms with Crippen LogP contribution in [0.5, 0.6) is 0 Å². The van der Waals surface area contributed by atoms with E-state index in [1.807, 2.05) is 171 Å². The molecule has 117 heavy (non-hydrogen) atoms. The van der Waals surface area contributed by atoms with E-state index in [2.05, 4.69) is 91.3 Å². The van der Waals surface area contributed by atoms with Gasteiger partial charge in [0.05, 0.1) is 28.2 Å². The zero-order valence-corrected chi connectivity index (χ0v) is 66.4. The van der Waals surface area contributed by atoms with Crippen molar-refractivity contribution in [2.75, 3.05) is 46.7 Å². The monoisotopic (exact) mass is 1590 g/mol. The molecule has 37 heteroatoms. The molecule has 14 heterocycles. The minimum Gasteiger partial charge on any atom is -0.383 e. The van der Waals surface area contributed by atoms with Gasteiger partial charge in [-0.1, -0.05) is 55.5 Å². The lowest BCUT2D eigenvalue weighted by molar-refractivity contribution is 0.0360. The molecule has 0 spiro atoms. The molecule has 0 unspecified atom stereocenters. The van der Waals surface area contributed by atoms with Gasteiger partial charge in [-0.2, -0.15) is 25.5 Å². The Labute approximate surface area is 669 Å². The molecule has 18 aromatic rings. The van der Waals surface area contributed by atoms with Gasteiger partial charge in [0.15, 0.2) is 33.5 Å². The number of nitrogen functional groups attached to an aromatic ring is 4. The molecule has 0 saturated heterocycles. The Kier molecular flexibility index (Phi) is 21.4. The molecule has 4 amide bonds. The lowest BCUT2D eigenvalue weighted by Gasteiger charge is -2.05. The van der Waals surface area contributed by atoms with E-state index in [4.69, 9.17) is 48.2 Å². The second-order valence-electron chi connectivity index (χ2n) is 28.6. The third-order valence-electron chi connectivity index (χ3n) is 19.0. The van der Waals surface area contributed by atoms with E-state index in [-0.39, 0.29) is 47.8 Å². The SMILES string of the molecule is CC(C)n1nc(-c2ccc3cc(C(=O)Nc4ccn(C)n4)[nH]c3c2)c2c(N)ncnc21.CC(C)n1nc(-c2ccc3cc(C(=O)Nc4nccs4)[nH]c3c2)c2c(N)ncnc21.CCCNC(=O)c1cc2ccc(-c3nn(C(C)C)c4ncnc(N)c34)cc2[nH]1.CCONC(=O)c1cc2ccc(-c3nn(C(C)C)c4ncnc(N)c34)cc2[nH]1. The molecule has 0 atom stereocenters. The van der Waals surface area contributed by atoms with E-state index >= 15 is 0 Å². The number of carbonyl (C=O) groups is 4. The molecule has 0 aliphatic heterocycles. The molecule has 14 aromatic heterocycles. The number of H-pyrrole nitrogens is 4. The van der Waals surface area contributed by atoms with E-state index in [1.165, 1.54) is 36.6 Å². The van der Waals surface area contributed by atoms with E-state index < -0.39 is 0 Å². The maximum absolute atomic E-state index is 12.6. The summed E-state index contributed by atoms with van der Waals surface area (Å²) in [5.41, 5.74) is 41.3. The standard InChI is InChI=1S/C21H21N9O.C20H18N8OS.C20H23N7O.C19H21N7O2/c1-11(2)30-20-17(19(22)23-10-24-20)18(28-30)13-5-4-12-8-15(25-14(12)9-13)21(31)26-16-6-7-29(3)27-16;1-10(2)28-18-15(17(21)23-9-24-18)16(27-28)12-4-3-11-7-14(25-13(11)8-12)19(29)26-20-22-5-6-30-20;1-4-7-22-20(28)15-8-12-5-6-13(9-14(12)25-15)17-16-18(21)23-10-24-19(16)27(26-17)11(2)3;1-4-28-25-19(27)14-7-11-5-6-12(8-13(11)23-14)16-15-17(20)21-9-22-18(15)26(24-16)10(2)3/h4-11,25H,1-3H3,(H2,22,23,24)(H,26,27,31);3-10,25H,1-2H3,(H2,21,23,24)(H,22,26,29);5-6,8-11,25H,4,7H2,1-3H3,(H,22,28)(H2,21,23,24);5-10,23H,4H2,1-3H3,(H,25,27)(H2,20,21,22). The van der Waals surface area contributed by atoms with Crippen LogP contribution in [-0.2, 0) is 11.9 Å². The van der Waals surface area contributed by atoms with E-state index in [9.17, 15) is 19.2 Å². The van der Waals surface area contributed by atoms with Gasteiger partial charge in [-0.3, -0.25) is 34.0 Å². The van der Waals surface area contributed by atoms with Crippen molar-refractivity contribution in [3.63, 3.8) is 0 Å². The number of nitrogens with zero attached hydrogens (tertiary/aromatic N) is 19. The average Bonchev–Trinajstić information content (AvgIpc) is 1.62. The van der Waals surface area contributed by atoms with Crippen LogP contribution >= 0.6 is 11.3 Å². The summed E-state index contributed by atoms with van der Waals surface area (Å²) in [4.78, 5) is 105. The van der Waals surface area contributed by atoms with Crippen LogP contribution in [0.15, 0.2) is 146 Å². The molecular formula is C80H83N31O5S. The Morgan fingerprint density at radius 2 is 0.769 bits per heavy atom. The van der Waals surface area contributed by atoms with Crippen LogP contribution in [0, 0.1) is 0 Å². The maximum Gasteiger partial charge on any atom is 0.291 e. The third-order valence-corrected chi connectivity index (χ3v) is 19.7. The summed E-state index contributed by atoms with van der Waals surface area (Å²) >= 11 is 1.37. The summed E-state index contributed by atoms with van der Waals surface area (Å²) in [6, 6.07) is 32.9. The predicted octanol–water partition coefficient (Wildman–Crippen LogP) is 13.1. The summed E-state index contributed by atoms with van der Waals surface area (Å²) < 4.78 is 9.00. The zero-order chi connectivity index (χ0) is 82.2. The lowest BCUT2D eigenvalue weighted by atomic mass is 10.1. The van der Waals surface area contributed by atoms with Gasteiger partial charge in [0.25, 0.3) is 23.6 Å².